The molecule has 132 valence electrons. The largest absolute Gasteiger partial charge is 0.352 e. The SMILES string of the molecule is O=CN1CCN(c2ccc(NS(=O)(=O)c3ccc(Cl)cc3)nn2)CC1. The topological polar surface area (TPSA) is 95.5 Å². The van der Waals surface area contributed by atoms with Crippen LogP contribution in [-0.4, -0.2) is 56.1 Å². The van der Waals surface area contributed by atoms with E-state index < -0.39 is 10.0 Å². The van der Waals surface area contributed by atoms with E-state index in [1.165, 1.54) is 24.3 Å². The molecule has 0 bridgehead atoms. The van der Waals surface area contributed by atoms with E-state index in [0.717, 1.165) is 6.41 Å². The van der Waals surface area contributed by atoms with Crippen LogP contribution in [0.4, 0.5) is 11.6 Å². The number of hydrogen-bond acceptors (Lipinski definition) is 6. The molecule has 0 unspecified atom stereocenters. The van der Waals surface area contributed by atoms with E-state index in [9.17, 15) is 13.2 Å². The van der Waals surface area contributed by atoms with Crippen LogP contribution in [-0.2, 0) is 14.8 Å². The van der Waals surface area contributed by atoms with Crippen molar-refractivity contribution in [3.05, 3.63) is 41.4 Å². The molecule has 1 amide bonds. The molecule has 3 rings (SSSR count). The number of piperazine rings is 1. The van der Waals surface area contributed by atoms with Crippen molar-refractivity contribution < 1.29 is 13.2 Å². The summed E-state index contributed by atoms with van der Waals surface area (Å²) >= 11 is 5.77. The summed E-state index contributed by atoms with van der Waals surface area (Å²) in [4.78, 5) is 14.5. The Morgan fingerprint density at radius 3 is 2.24 bits per heavy atom. The average molecular weight is 382 g/mol. The van der Waals surface area contributed by atoms with Crippen LogP contribution in [0.15, 0.2) is 41.3 Å². The zero-order valence-corrected chi connectivity index (χ0v) is 14.7. The van der Waals surface area contributed by atoms with Gasteiger partial charge in [-0.3, -0.25) is 9.52 Å². The normalized spacial score (nSPS) is 15.1. The van der Waals surface area contributed by atoms with Gasteiger partial charge in [-0.1, -0.05) is 11.6 Å². The molecule has 10 heteroatoms. The maximum absolute atomic E-state index is 12.3. The van der Waals surface area contributed by atoms with Crippen molar-refractivity contribution in [1.29, 1.82) is 0 Å². The minimum Gasteiger partial charge on any atom is -0.352 e. The van der Waals surface area contributed by atoms with Crippen LogP contribution in [0.2, 0.25) is 5.02 Å². The highest BCUT2D eigenvalue weighted by Crippen LogP contribution is 2.18. The molecule has 1 saturated heterocycles. The Morgan fingerprint density at radius 1 is 1.00 bits per heavy atom. The number of carbonyl (C=O) groups is 1. The van der Waals surface area contributed by atoms with Crippen molar-refractivity contribution in [3.8, 4) is 0 Å². The van der Waals surface area contributed by atoms with Gasteiger partial charge in [0.15, 0.2) is 11.6 Å². The van der Waals surface area contributed by atoms with Gasteiger partial charge in [-0.2, -0.15) is 0 Å². The molecule has 0 spiro atoms. The van der Waals surface area contributed by atoms with Gasteiger partial charge in [0, 0.05) is 31.2 Å². The monoisotopic (exact) mass is 381 g/mol. The van der Waals surface area contributed by atoms with E-state index in [4.69, 9.17) is 11.6 Å². The maximum Gasteiger partial charge on any atom is 0.263 e. The van der Waals surface area contributed by atoms with Gasteiger partial charge in [-0.15, -0.1) is 10.2 Å². The molecule has 1 aliphatic rings. The first-order valence-corrected chi connectivity index (χ1v) is 9.40. The predicted molar refractivity (Wildman–Crippen MR) is 94.1 cm³/mol. The van der Waals surface area contributed by atoms with Crippen molar-refractivity contribution in [3.63, 3.8) is 0 Å². The predicted octanol–water partition coefficient (Wildman–Crippen LogP) is 1.21. The molecule has 0 radical (unpaired) electrons. The molecule has 1 aromatic heterocycles. The van der Waals surface area contributed by atoms with E-state index >= 15 is 0 Å². The number of sulfonamides is 1. The molecular weight excluding hydrogens is 366 g/mol. The Kier molecular flexibility index (Phi) is 5.05. The minimum absolute atomic E-state index is 0.0905. The zero-order valence-electron chi connectivity index (χ0n) is 13.2. The molecule has 1 N–H and O–H groups in total. The quantitative estimate of drug-likeness (QED) is 0.782. The van der Waals surface area contributed by atoms with Gasteiger partial charge >= 0.3 is 0 Å². The Hall–Kier alpha value is -2.39. The Morgan fingerprint density at radius 2 is 1.68 bits per heavy atom. The van der Waals surface area contributed by atoms with Crippen LogP contribution in [0, 0.1) is 0 Å². The third-order valence-electron chi connectivity index (χ3n) is 3.80. The highest BCUT2D eigenvalue weighted by Gasteiger charge is 2.18. The van der Waals surface area contributed by atoms with Crippen molar-refractivity contribution in [2.45, 2.75) is 4.90 Å². The van der Waals surface area contributed by atoms with Crippen LogP contribution in [0.3, 0.4) is 0 Å². The van der Waals surface area contributed by atoms with Gasteiger partial charge in [0.05, 0.1) is 4.90 Å². The van der Waals surface area contributed by atoms with Crippen LogP contribution in [0.5, 0.6) is 0 Å². The fourth-order valence-corrected chi connectivity index (χ4v) is 3.54. The van der Waals surface area contributed by atoms with E-state index in [1.54, 1.807) is 17.0 Å². The summed E-state index contributed by atoms with van der Waals surface area (Å²) in [5.41, 5.74) is 0. The van der Waals surface area contributed by atoms with Crippen LogP contribution in [0.25, 0.3) is 0 Å². The van der Waals surface area contributed by atoms with Crippen molar-refractivity contribution >= 4 is 39.7 Å². The summed E-state index contributed by atoms with van der Waals surface area (Å²) in [6, 6.07) is 9.09. The van der Waals surface area contributed by atoms with E-state index in [1.807, 2.05) is 4.90 Å². The molecule has 1 aliphatic heterocycles. The molecule has 2 heterocycles. The summed E-state index contributed by atoms with van der Waals surface area (Å²) in [5.74, 6) is 0.769. The van der Waals surface area contributed by atoms with Gasteiger partial charge in [0.25, 0.3) is 10.0 Å². The number of carbonyl (C=O) groups excluding carboxylic acids is 1. The number of halogens is 1. The third-order valence-corrected chi connectivity index (χ3v) is 5.42. The average Bonchev–Trinajstić information content (AvgIpc) is 2.62. The molecule has 1 aromatic carbocycles. The first-order valence-electron chi connectivity index (χ1n) is 7.54. The van der Waals surface area contributed by atoms with Gasteiger partial charge in [-0.05, 0) is 36.4 Å². The minimum atomic E-state index is -3.75. The Labute approximate surface area is 150 Å². The number of benzene rings is 1. The third kappa shape index (κ3) is 4.18. The zero-order chi connectivity index (χ0) is 17.9. The summed E-state index contributed by atoms with van der Waals surface area (Å²) in [5, 5.41) is 8.45. The number of amides is 1. The number of rotatable bonds is 5. The lowest BCUT2D eigenvalue weighted by atomic mass is 10.3. The molecule has 0 aliphatic carbocycles. The molecule has 2 aromatic rings. The second kappa shape index (κ2) is 7.24. The molecule has 25 heavy (non-hydrogen) atoms. The second-order valence-electron chi connectivity index (χ2n) is 5.46. The highest BCUT2D eigenvalue weighted by molar-refractivity contribution is 7.92. The number of anilines is 2. The lowest BCUT2D eigenvalue weighted by Crippen LogP contribution is -2.46. The van der Waals surface area contributed by atoms with Crippen molar-refractivity contribution in [2.75, 3.05) is 35.8 Å². The summed E-state index contributed by atoms with van der Waals surface area (Å²) in [7, 11) is -3.75. The highest BCUT2D eigenvalue weighted by atomic mass is 35.5. The molecule has 8 nitrogen and oxygen atoms in total. The fourth-order valence-electron chi connectivity index (χ4n) is 2.42. The number of hydrogen-bond donors (Lipinski definition) is 1. The molecule has 0 atom stereocenters. The molecule has 1 fully saturated rings. The number of nitrogens with one attached hydrogen (secondary N) is 1. The lowest BCUT2D eigenvalue weighted by Gasteiger charge is -2.32. The van der Waals surface area contributed by atoms with Gasteiger partial charge in [-0.25, -0.2) is 8.42 Å². The van der Waals surface area contributed by atoms with Crippen molar-refractivity contribution in [1.82, 2.24) is 15.1 Å². The first kappa shape index (κ1) is 17.4. The van der Waals surface area contributed by atoms with Gasteiger partial charge in [0.1, 0.15) is 0 Å². The van der Waals surface area contributed by atoms with Crippen LogP contribution >= 0.6 is 11.6 Å². The van der Waals surface area contributed by atoms with Crippen molar-refractivity contribution in [2.24, 2.45) is 0 Å². The summed E-state index contributed by atoms with van der Waals surface area (Å²) in [6.07, 6.45) is 0.831. The maximum atomic E-state index is 12.3. The van der Waals surface area contributed by atoms with Gasteiger partial charge < -0.3 is 9.80 Å². The van der Waals surface area contributed by atoms with Gasteiger partial charge in [0.2, 0.25) is 6.41 Å². The smallest absolute Gasteiger partial charge is 0.263 e. The Balaban J connectivity index is 1.68. The van der Waals surface area contributed by atoms with E-state index in [-0.39, 0.29) is 10.7 Å². The summed E-state index contributed by atoms with van der Waals surface area (Å²) < 4.78 is 27.0. The molecular formula is C15H16ClN5O3S. The number of aromatic nitrogens is 2. The number of nitrogens with zero attached hydrogens (tertiary/aromatic N) is 4. The van der Waals surface area contributed by atoms with Crippen LogP contribution in [0.1, 0.15) is 0 Å². The van der Waals surface area contributed by atoms with Crippen LogP contribution < -0.4 is 9.62 Å². The first-order chi connectivity index (χ1) is 12.0. The molecule has 0 saturated carbocycles. The lowest BCUT2D eigenvalue weighted by molar-refractivity contribution is -0.118. The van der Waals surface area contributed by atoms with E-state index in [0.29, 0.717) is 37.0 Å². The second-order valence-corrected chi connectivity index (χ2v) is 7.58. The van der Waals surface area contributed by atoms with E-state index in [2.05, 4.69) is 14.9 Å². The standard InChI is InChI=1S/C15H16ClN5O3S/c16-12-1-3-13(4-2-12)25(23,24)19-14-5-6-15(18-17-14)21-9-7-20(11-22)8-10-21/h1-6,11H,7-10H2,(H,17,19). The summed E-state index contributed by atoms with van der Waals surface area (Å²) in [6.45, 7) is 2.55. The Bertz CT molecular complexity index is 834. The fraction of sp³-hybridized carbons (Fsp3) is 0.267.